The molecular weight excluding hydrogens is 289 g/mol. The molecule has 0 saturated carbocycles. The first-order chi connectivity index (χ1) is 10.0. The highest BCUT2D eigenvalue weighted by Crippen LogP contribution is 2.17. The zero-order valence-electron chi connectivity index (χ0n) is 13.3. The van der Waals surface area contributed by atoms with Crippen molar-refractivity contribution in [3.63, 3.8) is 0 Å². The number of ether oxygens (including phenoxy) is 2. The van der Waals surface area contributed by atoms with Crippen molar-refractivity contribution in [2.75, 3.05) is 12.4 Å². The molecule has 120 valence electrons. The molecule has 0 aliphatic carbocycles. The molecule has 0 aliphatic rings. The predicted molar refractivity (Wildman–Crippen MR) is 82.2 cm³/mol. The number of rotatable bonds is 3. The summed E-state index contributed by atoms with van der Waals surface area (Å²) in [5.41, 5.74) is 0.0901. The normalized spacial score (nSPS) is 10.9. The van der Waals surface area contributed by atoms with Crippen molar-refractivity contribution in [2.45, 2.75) is 33.3 Å². The van der Waals surface area contributed by atoms with Gasteiger partial charge in [0.1, 0.15) is 5.60 Å². The van der Waals surface area contributed by atoms with Gasteiger partial charge < -0.3 is 19.5 Å². The molecule has 0 saturated heterocycles. The number of nitrogens with one attached hydrogen (secondary N) is 1. The summed E-state index contributed by atoms with van der Waals surface area (Å²) >= 11 is 0. The number of anilines is 1. The van der Waals surface area contributed by atoms with Crippen LogP contribution < -0.4 is 10.8 Å². The molecule has 0 atom stereocenters. The van der Waals surface area contributed by atoms with E-state index in [0.717, 1.165) is 0 Å². The van der Waals surface area contributed by atoms with Gasteiger partial charge in [-0.15, -0.1) is 0 Å². The van der Waals surface area contributed by atoms with Crippen LogP contribution in [0.15, 0.2) is 12.1 Å². The smallest absolute Gasteiger partial charge is 0.465 e. The topological polar surface area (TPSA) is 105 Å². The minimum atomic E-state index is -1.79. The maximum Gasteiger partial charge on any atom is 0.488 e. The minimum Gasteiger partial charge on any atom is -0.465 e. The Labute approximate surface area is 129 Å². The van der Waals surface area contributed by atoms with E-state index in [1.54, 1.807) is 27.7 Å². The van der Waals surface area contributed by atoms with Crippen LogP contribution in [0.1, 0.15) is 36.7 Å². The van der Waals surface area contributed by atoms with Crippen molar-refractivity contribution < 1.29 is 29.1 Å². The summed E-state index contributed by atoms with van der Waals surface area (Å²) in [4.78, 5) is 23.5. The van der Waals surface area contributed by atoms with Crippen LogP contribution in [0.25, 0.3) is 0 Å². The Balaban J connectivity index is 3.17. The highest BCUT2D eigenvalue weighted by Gasteiger charge is 2.23. The fraction of sp³-hybridized carbons (Fsp3) is 0.429. The fourth-order valence-corrected chi connectivity index (χ4v) is 1.82. The van der Waals surface area contributed by atoms with Crippen LogP contribution in [-0.4, -0.2) is 41.9 Å². The standard InChI is InChI=1S/C14H20BNO6/c1-8-10(12(17)21-5)6-9(7-11(8)15(19)20)16-13(18)22-14(2,3)4/h6-7,19-20H,1-5H3,(H,16,18). The Morgan fingerprint density at radius 3 is 2.27 bits per heavy atom. The second-order valence-electron chi connectivity index (χ2n) is 5.73. The largest absolute Gasteiger partial charge is 0.488 e. The van der Waals surface area contributed by atoms with Gasteiger partial charge in [-0.25, -0.2) is 9.59 Å². The first-order valence-electron chi connectivity index (χ1n) is 6.64. The van der Waals surface area contributed by atoms with Gasteiger partial charge in [-0.1, -0.05) is 0 Å². The van der Waals surface area contributed by atoms with Gasteiger partial charge in [0.25, 0.3) is 0 Å². The third kappa shape index (κ3) is 4.75. The molecule has 0 fully saturated rings. The lowest BCUT2D eigenvalue weighted by molar-refractivity contribution is 0.0595. The van der Waals surface area contributed by atoms with E-state index < -0.39 is 24.8 Å². The average Bonchev–Trinajstić information content (AvgIpc) is 2.37. The molecule has 0 radical (unpaired) electrons. The van der Waals surface area contributed by atoms with Crippen LogP contribution in [0.2, 0.25) is 0 Å². The van der Waals surface area contributed by atoms with Gasteiger partial charge >= 0.3 is 19.2 Å². The lowest BCUT2D eigenvalue weighted by atomic mass is 9.75. The third-order valence-corrected chi connectivity index (χ3v) is 2.78. The summed E-state index contributed by atoms with van der Waals surface area (Å²) in [5.74, 6) is -0.646. The number of hydrogen-bond donors (Lipinski definition) is 3. The van der Waals surface area contributed by atoms with Crippen LogP contribution in [0.3, 0.4) is 0 Å². The molecule has 1 rings (SSSR count). The van der Waals surface area contributed by atoms with Gasteiger partial charge in [0.15, 0.2) is 0 Å². The monoisotopic (exact) mass is 309 g/mol. The number of carbonyl (C=O) groups is 2. The Bertz CT molecular complexity index is 579. The third-order valence-electron chi connectivity index (χ3n) is 2.78. The predicted octanol–water partition coefficient (Wildman–Crippen LogP) is 0.808. The van der Waals surface area contributed by atoms with E-state index >= 15 is 0 Å². The molecule has 3 N–H and O–H groups in total. The van der Waals surface area contributed by atoms with E-state index in [4.69, 9.17) is 4.74 Å². The van der Waals surface area contributed by atoms with E-state index in [1.165, 1.54) is 19.2 Å². The number of methoxy groups -OCH3 is 1. The van der Waals surface area contributed by atoms with Crippen LogP contribution in [0.4, 0.5) is 10.5 Å². The Kier molecular flexibility index (Phi) is 5.56. The van der Waals surface area contributed by atoms with E-state index in [9.17, 15) is 19.6 Å². The molecule has 0 bridgehead atoms. The summed E-state index contributed by atoms with van der Waals surface area (Å²) in [7, 11) is -0.575. The van der Waals surface area contributed by atoms with E-state index in [0.29, 0.717) is 5.56 Å². The zero-order valence-corrected chi connectivity index (χ0v) is 13.3. The van der Waals surface area contributed by atoms with E-state index in [1.807, 2.05) is 0 Å². The van der Waals surface area contributed by atoms with Gasteiger partial charge in [-0.2, -0.15) is 0 Å². The van der Waals surface area contributed by atoms with Crippen molar-refractivity contribution in [1.82, 2.24) is 0 Å². The minimum absolute atomic E-state index is 0.0916. The van der Waals surface area contributed by atoms with E-state index in [-0.39, 0.29) is 16.7 Å². The lowest BCUT2D eigenvalue weighted by Gasteiger charge is -2.20. The van der Waals surface area contributed by atoms with Crippen molar-refractivity contribution in [1.29, 1.82) is 0 Å². The van der Waals surface area contributed by atoms with E-state index in [2.05, 4.69) is 10.1 Å². The molecule has 7 nitrogen and oxygen atoms in total. The highest BCUT2D eigenvalue weighted by atomic mass is 16.6. The molecule has 0 spiro atoms. The van der Waals surface area contributed by atoms with Gasteiger partial charge in [-0.05, 0) is 50.9 Å². The molecule has 0 aliphatic heterocycles. The first-order valence-corrected chi connectivity index (χ1v) is 6.64. The average molecular weight is 309 g/mol. The SMILES string of the molecule is COC(=O)c1cc(NC(=O)OC(C)(C)C)cc(B(O)O)c1C. The number of hydrogen-bond acceptors (Lipinski definition) is 6. The van der Waals surface area contributed by atoms with Crippen LogP contribution in [0.5, 0.6) is 0 Å². The van der Waals surface area contributed by atoms with Crippen LogP contribution >= 0.6 is 0 Å². The number of amides is 1. The van der Waals surface area contributed by atoms with Gasteiger partial charge in [0.2, 0.25) is 0 Å². The molecular formula is C14H20BNO6. The molecule has 1 aromatic rings. The molecule has 0 heterocycles. The maximum atomic E-state index is 11.8. The first kappa shape index (κ1) is 18.0. The van der Waals surface area contributed by atoms with Gasteiger partial charge in [0.05, 0.1) is 12.7 Å². The second kappa shape index (κ2) is 6.80. The van der Waals surface area contributed by atoms with Gasteiger partial charge in [-0.3, -0.25) is 5.32 Å². The Morgan fingerprint density at radius 2 is 1.82 bits per heavy atom. The second-order valence-corrected chi connectivity index (χ2v) is 5.73. The molecule has 1 aromatic carbocycles. The lowest BCUT2D eigenvalue weighted by Crippen LogP contribution is -2.34. The molecule has 1 amide bonds. The zero-order chi connectivity index (χ0) is 17.1. The number of benzene rings is 1. The molecule has 0 unspecified atom stereocenters. The van der Waals surface area contributed by atoms with Crippen LogP contribution in [0, 0.1) is 6.92 Å². The van der Waals surface area contributed by atoms with Crippen molar-refractivity contribution in [2.24, 2.45) is 0 Å². The number of esters is 1. The van der Waals surface area contributed by atoms with Crippen molar-refractivity contribution in [3.05, 3.63) is 23.3 Å². The summed E-state index contributed by atoms with van der Waals surface area (Å²) in [6.45, 7) is 6.69. The van der Waals surface area contributed by atoms with Crippen molar-refractivity contribution >= 4 is 30.3 Å². The molecule has 0 aromatic heterocycles. The van der Waals surface area contributed by atoms with Crippen LogP contribution in [-0.2, 0) is 9.47 Å². The summed E-state index contributed by atoms with van der Waals surface area (Å²) in [5, 5.41) is 21.2. The quantitative estimate of drug-likeness (QED) is 0.564. The highest BCUT2D eigenvalue weighted by molar-refractivity contribution is 6.59. The molecule has 8 heteroatoms. The fourth-order valence-electron chi connectivity index (χ4n) is 1.82. The Morgan fingerprint density at radius 1 is 1.23 bits per heavy atom. The summed E-state index contributed by atoms with van der Waals surface area (Å²) in [6.07, 6.45) is -0.717. The van der Waals surface area contributed by atoms with Gasteiger partial charge in [0, 0.05) is 5.69 Å². The summed E-state index contributed by atoms with van der Waals surface area (Å²) in [6, 6.07) is 2.74. The Hall–Kier alpha value is -2.06. The van der Waals surface area contributed by atoms with Crippen molar-refractivity contribution in [3.8, 4) is 0 Å². The maximum absolute atomic E-state index is 11.8. The summed E-state index contributed by atoms with van der Waals surface area (Å²) < 4.78 is 9.75. The molecule has 22 heavy (non-hydrogen) atoms. The number of carbonyl (C=O) groups excluding carboxylic acids is 2.